The number of pyridine rings is 1. The van der Waals surface area contributed by atoms with Crippen molar-refractivity contribution in [3.05, 3.63) is 35.4 Å². The van der Waals surface area contributed by atoms with Gasteiger partial charge >= 0.3 is 6.18 Å². The Hall–Kier alpha value is -1.76. The van der Waals surface area contributed by atoms with Crippen molar-refractivity contribution in [3.8, 4) is 5.69 Å². The smallest absolute Gasteiger partial charge is 0.395 e. The van der Waals surface area contributed by atoms with E-state index in [4.69, 9.17) is 17.3 Å². The highest BCUT2D eigenvalue weighted by atomic mass is 35.5. The van der Waals surface area contributed by atoms with Gasteiger partial charge in [-0.3, -0.25) is 0 Å². The topological polar surface area (TPSA) is 56.7 Å². The Labute approximate surface area is 98.8 Å². The molecule has 4 nitrogen and oxygen atoms in total. The van der Waals surface area contributed by atoms with E-state index in [1.165, 1.54) is 16.9 Å². The quantitative estimate of drug-likeness (QED) is 0.859. The first-order chi connectivity index (χ1) is 7.88. The number of alkyl halides is 3. The first-order valence-electron chi connectivity index (χ1n) is 4.42. The minimum absolute atomic E-state index is 0.0879. The van der Waals surface area contributed by atoms with Crippen LogP contribution in [0.1, 0.15) is 5.69 Å². The average Bonchev–Trinajstić information content (AvgIpc) is 2.58. The molecule has 2 rings (SSSR count). The van der Waals surface area contributed by atoms with Gasteiger partial charge < -0.3 is 5.73 Å². The summed E-state index contributed by atoms with van der Waals surface area (Å²) in [6, 6.07) is 2.10. The molecule has 2 aromatic rings. The highest BCUT2D eigenvalue weighted by Crippen LogP contribution is 2.27. The lowest BCUT2D eigenvalue weighted by atomic mass is 10.3. The predicted molar refractivity (Wildman–Crippen MR) is 55.8 cm³/mol. The van der Waals surface area contributed by atoms with Crippen LogP contribution in [-0.4, -0.2) is 14.8 Å². The van der Waals surface area contributed by atoms with Crippen molar-refractivity contribution in [2.75, 3.05) is 5.73 Å². The van der Waals surface area contributed by atoms with E-state index in [1.54, 1.807) is 0 Å². The van der Waals surface area contributed by atoms with Crippen LogP contribution in [-0.2, 0) is 6.18 Å². The van der Waals surface area contributed by atoms with Crippen LogP contribution in [0.3, 0.4) is 0 Å². The Morgan fingerprint density at radius 1 is 1.29 bits per heavy atom. The fourth-order valence-corrected chi connectivity index (χ4v) is 1.32. The third-order valence-electron chi connectivity index (χ3n) is 2.00. The van der Waals surface area contributed by atoms with E-state index in [9.17, 15) is 13.2 Å². The molecular weight excluding hydrogens is 257 g/mol. The predicted octanol–water partition coefficient (Wildman–Crippen LogP) is 2.52. The van der Waals surface area contributed by atoms with Crippen LogP contribution in [0.2, 0.25) is 5.15 Å². The Balaban J connectivity index is 2.36. The van der Waals surface area contributed by atoms with Crippen LogP contribution in [0.4, 0.5) is 18.9 Å². The van der Waals surface area contributed by atoms with Gasteiger partial charge in [-0.15, -0.1) is 0 Å². The molecule has 0 aliphatic carbocycles. The molecule has 0 aliphatic heterocycles. The van der Waals surface area contributed by atoms with Gasteiger partial charge in [0.25, 0.3) is 0 Å². The second-order valence-corrected chi connectivity index (χ2v) is 3.58. The van der Waals surface area contributed by atoms with Crippen molar-refractivity contribution in [2.24, 2.45) is 0 Å². The van der Waals surface area contributed by atoms with E-state index in [1.807, 2.05) is 0 Å². The van der Waals surface area contributed by atoms with Crippen molar-refractivity contribution in [3.63, 3.8) is 0 Å². The van der Waals surface area contributed by atoms with Crippen LogP contribution in [0.15, 0.2) is 24.5 Å². The molecule has 90 valence electrons. The molecule has 0 atom stereocenters. The molecule has 8 heteroatoms. The first-order valence-corrected chi connectivity index (χ1v) is 4.80. The van der Waals surface area contributed by atoms with Crippen molar-refractivity contribution >= 4 is 17.3 Å². The summed E-state index contributed by atoms with van der Waals surface area (Å²) in [4.78, 5) is 3.30. The maximum atomic E-state index is 12.3. The van der Waals surface area contributed by atoms with Gasteiger partial charge in [-0.2, -0.15) is 18.3 Å². The summed E-state index contributed by atoms with van der Waals surface area (Å²) >= 11 is 5.63. The number of nitrogens with two attached hydrogens (primary N) is 1. The van der Waals surface area contributed by atoms with Gasteiger partial charge in [0.05, 0.1) is 23.8 Å². The number of hydrogen-bond acceptors (Lipinski definition) is 3. The molecule has 17 heavy (non-hydrogen) atoms. The van der Waals surface area contributed by atoms with Gasteiger partial charge in [-0.25, -0.2) is 9.67 Å². The maximum Gasteiger partial charge on any atom is 0.433 e. The molecule has 2 N–H and O–H groups in total. The normalized spacial score (nSPS) is 11.8. The lowest BCUT2D eigenvalue weighted by Gasteiger charge is -2.06. The fourth-order valence-electron chi connectivity index (χ4n) is 1.19. The molecular formula is C9H6ClF3N4. The minimum Gasteiger partial charge on any atom is -0.395 e. The standard InChI is InChI=1S/C9H6ClF3N4/c10-8-6(14)4-17(16-8)5-1-2-7(15-3-5)9(11,12)13/h1-4H,14H2. The molecule has 0 bridgehead atoms. The Morgan fingerprint density at radius 3 is 2.41 bits per heavy atom. The molecule has 0 spiro atoms. The van der Waals surface area contributed by atoms with Crippen LogP contribution >= 0.6 is 11.6 Å². The lowest BCUT2D eigenvalue weighted by Crippen LogP contribution is -2.08. The molecule has 0 saturated heterocycles. The van der Waals surface area contributed by atoms with Crippen molar-refractivity contribution in [1.29, 1.82) is 0 Å². The summed E-state index contributed by atoms with van der Waals surface area (Å²) in [6.07, 6.45) is -2.02. The molecule has 0 aliphatic rings. The number of aromatic nitrogens is 3. The van der Waals surface area contributed by atoms with Crippen LogP contribution in [0.5, 0.6) is 0 Å². The minimum atomic E-state index is -4.46. The third-order valence-corrected chi connectivity index (χ3v) is 2.29. The van der Waals surface area contributed by atoms with E-state index in [2.05, 4.69) is 10.1 Å². The van der Waals surface area contributed by atoms with E-state index in [0.29, 0.717) is 5.69 Å². The molecule has 0 saturated carbocycles. The Morgan fingerprint density at radius 2 is 2.00 bits per heavy atom. The van der Waals surface area contributed by atoms with Gasteiger partial charge in [0.15, 0.2) is 5.15 Å². The van der Waals surface area contributed by atoms with Gasteiger partial charge in [0.2, 0.25) is 0 Å². The molecule has 2 heterocycles. The van der Waals surface area contributed by atoms with E-state index < -0.39 is 11.9 Å². The monoisotopic (exact) mass is 262 g/mol. The molecule has 0 amide bonds. The first kappa shape index (κ1) is 11.7. The number of rotatable bonds is 1. The van der Waals surface area contributed by atoms with Crippen LogP contribution in [0.25, 0.3) is 5.69 Å². The number of halogens is 4. The molecule has 0 aromatic carbocycles. The van der Waals surface area contributed by atoms with Gasteiger partial charge in [0, 0.05) is 0 Å². The van der Waals surface area contributed by atoms with Crippen molar-refractivity contribution < 1.29 is 13.2 Å². The highest BCUT2D eigenvalue weighted by Gasteiger charge is 2.32. The summed E-state index contributed by atoms with van der Waals surface area (Å²) in [6.45, 7) is 0. The van der Waals surface area contributed by atoms with Gasteiger partial charge in [-0.1, -0.05) is 11.6 Å². The Kier molecular flexibility index (Phi) is 2.70. The highest BCUT2D eigenvalue weighted by molar-refractivity contribution is 6.31. The van der Waals surface area contributed by atoms with Crippen LogP contribution in [0, 0.1) is 0 Å². The number of anilines is 1. The SMILES string of the molecule is Nc1cn(-c2ccc(C(F)(F)F)nc2)nc1Cl. The number of nitrogen functional groups attached to an aromatic ring is 1. The third kappa shape index (κ3) is 2.33. The second kappa shape index (κ2) is 3.92. The second-order valence-electron chi connectivity index (χ2n) is 3.22. The fraction of sp³-hybridized carbons (Fsp3) is 0.111. The lowest BCUT2D eigenvalue weighted by molar-refractivity contribution is -0.141. The van der Waals surface area contributed by atoms with Crippen molar-refractivity contribution in [1.82, 2.24) is 14.8 Å². The van der Waals surface area contributed by atoms with Gasteiger partial charge in [0.1, 0.15) is 5.69 Å². The molecule has 0 radical (unpaired) electrons. The number of hydrogen-bond donors (Lipinski definition) is 1. The molecule has 0 unspecified atom stereocenters. The zero-order valence-corrected chi connectivity index (χ0v) is 9.00. The summed E-state index contributed by atoms with van der Waals surface area (Å²) in [5.74, 6) is 0. The summed E-state index contributed by atoms with van der Waals surface area (Å²) in [7, 11) is 0. The van der Waals surface area contributed by atoms with E-state index in [0.717, 1.165) is 12.3 Å². The maximum absolute atomic E-state index is 12.3. The average molecular weight is 263 g/mol. The largest absolute Gasteiger partial charge is 0.433 e. The summed E-state index contributed by atoms with van der Waals surface area (Å²) in [5, 5.41) is 3.90. The van der Waals surface area contributed by atoms with Crippen molar-refractivity contribution in [2.45, 2.75) is 6.18 Å². The van der Waals surface area contributed by atoms with E-state index in [-0.39, 0.29) is 10.8 Å². The van der Waals surface area contributed by atoms with Gasteiger partial charge in [-0.05, 0) is 12.1 Å². The zero-order valence-electron chi connectivity index (χ0n) is 8.24. The Bertz CT molecular complexity index is 513. The zero-order chi connectivity index (χ0) is 12.6. The molecule has 2 aromatic heterocycles. The molecule has 0 fully saturated rings. The van der Waals surface area contributed by atoms with Crippen LogP contribution < -0.4 is 5.73 Å². The summed E-state index contributed by atoms with van der Waals surface area (Å²) < 4.78 is 38.0. The summed E-state index contributed by atoms with van der Waals surface area (Å²) in [5.41, 5.74) is 5.08. The van der Waals surface area contributed by atoms with E-state index >= 15 is 0 Å². The number of nitrogens with zero attached hydrogens (tertiary/aromatic N) is 3.